The van der Waals surface area contributed by atoms with Crippen LogP contribution in [0.25, 0.3) is 0 Å². The van der Waals surface area contributed by atoms with Crippen molar-refractivity contribution in [3.8, 4) is 0 Å². The number of aryl methyl sites for hydroxylation is 2. The number of hydrogen-bond acceptors (Lipinski definition) is 4. The Hall–Kier alpha value is -2.34. The normalized spacial score (nSPS) is 16.6. The van der Waals surface area contributed by atoms with Crippen molar-refractivity contribution >= 4 is 23.4 Å². The van der Waals surface area contributed by atoms with E-state index in [9.17, 15) is 9.59 Å². The van der Waals surface area contributed by atoms with Gasteiger partial charge in [0.05, 0.1) is 11.6 Å². The lowest BCUT2D eigenvalue weighted by Crippen LogP contribution is -2.35. The van der Waals surface area contributed by atoms with Crippen molar-refractivity contribution in [2.24, 2.45) is 5.92 Å². The zero-order chi connectivity index (χ0) is 19.4. The van der Waals surface area contributed by atoms with E-state index in [-0.39, 0.29) is 17.7 Å². The average Bonchev–Trinajstić information content (AvgIpc) is 3.29. The van der Waals surface area contributed by atoms with Gasteiger partial charge in [-0.05, 0) is 43.9 Å². The first-order valence-corrected chi connectivity index (χ1v) is 9.64. The Labute approximate surface area is 163 Å². The largest absolute Gasteiger partial charge is 0.361 e. The third-order valence-corrected chi connectivity index (χ3v) is 5.21. The van der Waals surface area contributed by atoms with Gasteiger partial charge < -0.3 is 14.7 Å². The maximum atomic E-state index is 12.8. The summed E-state index contributed by atoms with van der Waals surface area (Å²) >= 11 is 5.88. The van der Waals surface area contributed by atoms with Gasteiger partial charge in [0.15, 0.2) is 0 Å². The SMILES string of the molecule is CCc1noc(C)c1C(=O)N1CCC(C(=O)NCCc2ccc(Cl)cc2)C1. The van der Waals surface area contributed by atoms with Crippen LogP contribution in [0.5, 0.6) is 0 Å². The monoisotopic (exact) mass is 389 g/mol. The summed E-state index contributed by atoms with van der Waals surface area (Å²) in [4.78, 5) is 26.9. The van der Waals surface area contributed by atoms with Gasteiger partial charge in [-0.25, -0.2) is 0 Å². The molecule has 1 N–H and O–H groups in total. The minimum atomic E-state index is -0.176. The third-order valence-electron chi connectivity index (χ3n) is 4.95. The van der Waals surface area contributed by atoms with E-state index in [4.69, 9.17) is 16.1 Å². The molecule has 1 saturated heterocycles. The van der Waals surface area contributed by atoms with Gasteiger partial charge in [-0.3, -0.25) is 9.59 Å². The number of carbonyl (C=O) groups is 2. The number of likely N-dealkylation sites (tertiary alicyclic amines) is 1. The molecule has 144 valence electrons. The van der Waals surface area contributed by atoms with Gasteiger partial charge in [-0.1, -0.05) is 35.8 Å². The van der Waals surface area contributed by atoms with Gasteiger partial charge in [0.2, 0.25) is 5.91 Å². The minimum absolute atomic E-state index is 0.00276. The van der Waals surface area contributed by atoms with Crippen molar-refractivity contribution in [2.75, 3.05) is 19.6 Å². The molecule has 2 amide bonds. The summed E-state index contributed by atoms with van der Waals surface area (Å²) < 4.78 is 5.16. The third kappa shape index (κ3) is 4.50. The van der Waals surface area contributed by atoms with Crippen LogP contribution in [-0.4, -0.2) is 41.5 Å². The van der Waals surface area contributed by atoms with Crippen molar-refractivity contribution in [1.82, 2.24) is 15.4 Å². The molecule has 1 aliphatic rings. The van der Waals surface area contributed by atoms with Crippen molar-refractivity contribution < 1.29 is 14.1 Å². The van der Waals surface area contributed by atoms with Crippen LogP contribution in [0.15, 0.2) is 28.8 Å². The fourth-order valence-corrected chi connectivity index (χ4v) is 3.50. The molecule has 1 aromatic carbocycles. The lowest BCUT2D eigenvalue weighted by atomic mass is 10.1. The highest BCUT2D eigenvalue weighted by Crippen LogP contribution is 2.22. The molecule has 0 saturated carbocycles. The highest BCUT2D eigenvalue weighted by atomic mass is 35.5. The van der Waals surface area contributed by atoms with Gasteiger partial charge in [-0.15, -0.1) is 0 Å². The molecule has 1 fully saturated rings. The van der Waals surface area contributed by atoms with E-state index in [1.54, 1.807) is 11.8 Å². The second-order valence-corrected chi connectivity index (χ2v) is 7.25. The lowest BCUT2D eigenvalue weighted by Gasteiger charge is -2.16. The summed E-state index contributed by atoms with van der Waals surface area (Å²) in [5.74, 6) is 0.260. The molecule has 0 bridgehead atoms. The van der Waals surface area contributed by atoms with Crippen LogP contribution >= 0.6 is 11.6 Å². The zero-order valence-electron chi connectivity index (χ0n) is 15.6. The predicted molar refractivity (Wildman–Crippen MR) is 103 cm³/mol. The van der Waals surface area contributed by atoms with E-state index < -0.39 is 0 Å². The first-order chi connectivity index (χ1) is 13.0. The van der Waals surface area contributed by atoms with Crippen LogP contribution in [0.1, 0.15) is 40.7 Å². The maximum Gasteiger partial charge on any atom is 0.259 e. The first-order valence-electron chi connectivity index (χ1n) is 9.26. The zero-order valence-corrected chi connectivity index (χ0v) is 16.4. The summed E-state index contributed by atoms with van der Waals surface area (Å²) in [5.41, 5.74) is 2.34. The number of nitrogens with zero attached hydrogens (tertiary/aromatic N) is 2. The van der Waals surface area contributed by atoms with Crippen LogP contribution in [0.4, 0.5) is 0 Å². The van der Waals surface area contributed by atoms with Crippen LogP contribution in [0.2, 0.25) is 5.02 Å². The molecule has 2 aromatic rings. The van der Waals surface area contributed by atoms with Crippen LogP contribution in [-0.2, 0) is 17.6 Å². The van der Waals surface area contributed by atoms with E-state index >= 15 is 0 Å². The number of benzene rings is 1. The van der Waals surface area contributed by atoms with Crippen LogP contribution in [0.3, 0.4) is 0 Å². The Morgan fingerprint density at radius 3 is 2.78 bits per heavy atom. The topological polar surface area (TPSA) is 75.4 Å². The van der Waals surface area contributed by atoms with Crippen molar-refractivity contribution in [2.45, 2.75) is 33.1 Å². The molecular weight excluding hydrogens is 366 g/mol. The van der Waals surface area contributed by atoms with Crippen molar-refractivity contribution in [3.63, 3.8) is 0 Å². The van der Waals surface area contributed by atoms with Gasteiger partial charge in [0, 0.05) is 24.7 Å². The fourth-order valence-electron chi connectivity index (χ4n) is 3.38. The van der Waals surface area contributed by atoms with Crippen LogP contribution in [0, 0.1) is 12.8 Å². The summed E-state index contributed by atoms with van der Waals surface area (Å²) in [5, 5.41) is 7.62. The number of nitrogens with one attached hydrogen (secondary N) is 1. The van der Waals surface area contributed by atoms with E-state index in [0.29, 0.717) is 54.5 Å². The summed E-state index contributed by atoms with van der Waals surface area (Å²) in [6, 6.07) is 7.60. The highest BCUT2D eigenvalue weighted by molar-refractivity contribution is 6.30. The standard InChI is InChI=1S/C20H24ClN3O3/c1-3-17-18(13(2)27-23-17)20(26)24-11-9-15(12-24)19(25)22-10-8-14-4-6-16(21)7-5-14/h4-7,15H,3,8-12H2,1-2H3,(H,22,25). The molecule has 1 aliphatic heterocycles. The van der Waals surface area contributed by atoms with E-state index in [1.165, 1.54) is 0 Å². The molecule has 1 aromatic heterocycles. The van der Waals surface area contributed by atoms with Crippen molar-refractivity contribution in [1.29, 1.82) is 0 Å². The maximum absolute atomic E-state index is 12.8. The Morgan fingerprint density at radius 2 is 2.07 bits per heavy atom. The number of amides is 2. The molecule has 0 aliphatic carbocycles. The molecule has 7 heteroatoms. The van der Waals surface area contributed by atoms with Gasteiger partial charge in [0.1, 0.15) is 11.3 Å². The molecule has 3 rings (SSSR count). The molecule has 27 heavy (non-hydrogen) atoms. The molecule has 0 radical (unpaired) electrons. The summed E-state index contributed by atoms with van der Waals surface area (Å²) in [7, 11) is 0. The smallest absolute Gasteiger partial charge is 0.259 e. The van der Waals surface area contributed by atoms with Gasteiger partial charge in [0.25, 0.3) is 5.91 Å². The minimum Gasteiger partial charge on any atom is -0.361 e. The molecule has 1 unspecified atom stereocenters. The highest BCUT2D eigenvalue weighted by Gasteiger charge is 2.33. The molecule has 0 spiro atoms. The van der Waals surface area contributed by atoms with E-state index in [1.807, 2.05) is 31.2 Å². The Morgan fingerprint density at radius 1 is 1.33 bits per heavy atom. The Balaban J connectivity index is 1.51. The average molecular weight is 390 g/mol. The summed E-state index contributed by atoms with van der Waals surface area (Å²) in [6.45, 7) is 5.25. The van der Waals surface area contributed by atoms with Gasteiger partial charge >= 0.3 is 0 Å². The molecule has 6 nitrogen and oxygen atoms in total. The molecule has 1 atom stereocenters. The molecule has 2 heterocycles. The number of halogens is 1. The first kappa shape index (κ1) is 19.4. The molecular formula is C20H24ClN3O3. The van der Waals surface area contributed by atoms with E-state index in [0.717, 1.165) is 12.0 Å². The Kier molecular flexibility index (Phi) is 6.16. The number of aromatic nitrogens is 1. The number of hydrogen-bond donors (Lipinski definition) is 1. The predicted octanol–water partition coefficient (Wildman–Crippen LogP) is 3.02. The lowest BCUT2D eigenvalue weighted by molar-refractivity contribution is -0.124. The van der Waals surface area contributed by atoms with Gasteiger partial charge in [-0.2, -0.15) is 0 Å². The summed E-state index contributed by atoms with van der Waals surface area (Å²) in [6.07, 6.45) is 2.06. The quantitative estimate of drug-likeness (QED) is 0.823. The second-order valence-electron chi connectivity index (χ2n) is 6.82. The Bertz CT molecular complexity index is 816. The number of rotatable bonds is 6. The van der Waals surface area contributed by atoms with Crippen molar-refractivity contribution in [3.05, 3.63) is 51.9 Å². The number of carbonyl (C=O) groups excluding carboxylic acids is 2. The second kappa shape index (κ2) is 8.57. The fraction of sp³-hybridized carbons (Fsp3) is 0.450. The van der Waals surface area contributed by atoms with Crippen LogP contribution < -0.4 is 5.32 Å². The van der Waals surface area contributed by atoms with E-state index in [2.05, 4.69) is 10.5 Å².